The third-order valence-corrected chi connectivity index (χ3v) is 5.46. The molecule has 1 aliphatic rings. The Bertz CT molecular complexity index is 1100. The molecule has 1 fully saturated rings. The number of ether oxygens (including phenoxy) is 1. The van der Waals surface area contributed by atoms with E-state index in [1.165, 1.54) is 12.1 Å². The normalized spacial score (nSPS) is 14.8. The van der Waals surface area contributed by atoms with E-state index in [1.807, 2.05) is 35.2 Å². The van der Waals surface area contributed by atoms with Gasteiger partial charge < -0.3 is 14.7 Å². The highest BCUT2D eigenvalue weighted by atomic mass is 19.4. The predicted molar refractivity (Wildman–Crippen MR) is 117 cm³/mol. The van der Waals surface area contributed by atoms with Crippen LogP contribution in [0.15, 0.2) is 66.9 Å². The number of pyridine rings is 1. The van der Waals surface area contributed by atoms with Crippen LogP contribution in [0.25, 0.3) is 11.1 Å². The molecule has 3 aromatic rings. The highest BCUT2D eigenvalue weighted by Gasteiger charge is 2.31. The molecule has 1 N–H and O–H groups in total. The Morgan fingerprint density at radius 3 is 2.24 bits per heavy atom. The van der Waals surface area contributed by atoms with E-state index in [4.69, 9.17) is 0 Å². The molecule has 2 aromatic carbocycles. The summed E-state index contributed by atoms with van der Waals surface area (Å²) in [5, 5.41) is 9.92. The summed E-state index contributed by atoms with van der Waals surface area (Å²) in [5.74, 6) is -0.834. The quantitative estimate of drug-likeness (QED) is 0.581. The number of piperazine rings is 1. The van der Waals surface area contributed by atoms with Crippen molar-refractivity contribution in [2.45, 2.75) is 12.9 Å². The minimum Gasteiger partial charge on any atom is -0.478 e. The average Bonchev–Trinajstić information content (AvgIpc) is 2.80. The molecule has 0 unspecified atom stereocenters. The summed E-state index contributed by atoms with van der Waals surface area (Å²) in [5.41, 5.74) is 2.48. The van der Waals surface area contributed by atoms with Crippen LogP contribution in [0, 0.1) is 0 Å². The zero-order valence-corrected chi connectivity index (χ0v) is 17.6. The van der Waals surface area contributed by atoms with Gasteiger partial charge >= 0.3 is 12.3 Å². The molecule has 0 amide bonds. The van der Waals surface area contributed by atoms with E-state index in [2.05, 4.69) is 14.6 Å². The number of halogens is 3. The van der Waals surface area contributed by atoms with E-state index >= 15 is 0 Å². The van der Waals surface area contributed by atoms with Crippen LogP contribution in [0.4, 0.5) is 19.0 Å². The number of carboxylic acids is 1. The SMILES string of the molecule is O=C(O)c1c(-c2ccccc2)ccnc1N1CCN(Cc2ccc(OC(F)(F)F)cc2)CC1. The lowest BCUT2D eigenvalue weighted by molar-refractivity contribution is -0.274. The minimum absolute atomic E-state index is 0.178. The van der Waals surface area contributed by atoms with Crippen molar-refractivity contribution >= 4 is 11.8 Å². The molecule has 0 bridgehead atoms. The first kappa shape index (κ1) is 22.6. The summed E-state index contributed by atoms with van der Waals surface area (Å²) in [7, 11) is 0. The first-order valence-electron chi connectivity index (χ1n) is 10.4. The van der Waals surface area contributed by atoms with Crippen molar-refractivity contribution in [1.29, 1.82) is 0 Å². The number of carbonyl (C=O) groups is 1. The Morgan fingerprint density at radius 1 is 0.970 bits per heavy atom. The second-order valence-electron chi connectivity index (χ2n) is 7.68. The van der Waals surface area contributed by atoms with Gasteiger partial charge in [-0.25, -0.2) is 9.78 Å². The van der Waals surface area contributed by atoms with E-state index in [0.717, 1.165) is 11.1 Å². The largest absolute Gasteiger partial charge is 0.573 e. The zero-order valence-electron chi connectivity index (χ0n) is 17.6. The van der Waals surface area contributed by atoms with Crippen LogP contribution < -0.4 is 9.64 Å². The van der Waals surface area contributed by atoms with Gasteiger partial charge in [-0.3, -0.25) is 4.90 Å². The molecule has 172 valence electrons. The van der Waals surface area contributed by atoms with Crippen LogP contribution in [-0.2, 0) is 6.54 Å². The summed E-state index contributed by atoms with van der Waals surface area (Å²) >= 11 is 0. The number of hydrogen-bond acceptors (Lipinski definition) is 5. The van der Waals surface area contributed by atoms with Crippen molar-refractivity contribution in [3.05, 3.63) is 78.0 Å². The first-order valence-corrected chi connectivity index (χ1v) is 10.4. The van der Waals surface area contributed by atoms with E-state index in [-0.39, 0.29) is 11.3 Å². The van der Waals surface area contributed by atoms with Crippen molar-refractivity contribution in [1.82, 2.24) is 9.88 Å². The topological polar surface area (TPSA) is 65.9 Å². The predicted octanol–water partition coefficient (Wildman–Crippen LogP) is 4.67. The fourth-order valence-electron chi connectivity index (χ4n) is 3.93. The highest BCUT2D eigenvalue weighted by molar-refractivity contribution is 6.01. The van der Waals surface area contributed by atoms with Gasteiger partial charge in [-0.05, 0) is 29.3 Å². The first-order chi connectivity index (χ1) is 15.8. The zero-order chi connectivity index (χ0) is 23.4. The lowest BCUT2D eigenvalue weighted by Gasteiger charge is -2.36. The molecule has 9 heteroatoms. The Balaban J connectivity index is 1.43. The number of benzene rings is 2. The molecule has 0 aliphatic carbocycles. The van der Waals surface area contributed by atoms with Gasteiger partial charge in [-0.15, -0.1) is 13.2 Å². The molecule has 33 heavy (non-hydrogen) atoms. The van der Waals surface area contributed by atoms with Crippen molar-refractivity contribution in [3.8, 4) is 16.9 Å². The highest BCUT2D eigenvalue weighted by Crippen LogP contribution is 2.30. The second kappa shape index (κ2) is 9.50. The lowest BCUT2D eigenvalue weighted by Crippen LogP contribution is -2.46. The number of carboxylic acid groups (broad SMARTS) is 1. The Hall–Kier alpha value is -3.59. The van der Waals surface area contributed by atoms with Gasteiger partial charge in [0.1, 0.15) is 17.1 Å². The van der Waals surface area contributed by atoms with E-state index < -0.39 is 12.3 Å². The van der Waals surface area contributed by atoms with Crippen LogP contribution in [-0.4, -0.2) is 53.5 Å². The van der Waals surface area contributed by atoms with Gasteiger partial charge in [-0.1, -0.05) is 42.5 Å². The summed E-state index contributed by atoms with van der Waals surface area (Å²) in [4.78, 5) is 20.6. The molecular formula is C24H22F3N3O3. The monoisotopic (exact) mass is 457 g/mol. The molecule has 6 nitrogen and oxygen atoms in total. The second-order valence-corrected chi connectivity index (χ2v) is 7.68. The van der Waals surface area contributed by atoms with Crippen molar-refractivity contribution in [2.24, 2.45) is 0 Å². The molecule has 1 aromatic heterocycles. The van der Waals surface area contributed by atoms with Gasteiger partial charge in [-0.2, -0.15) is 0 Å². The number of alkyl halides is 3. The van der Waals surface area contributed by atoms with Gasteiger partial charge in [0.2, 0.25) is 0 Å². The van der Waals surface area contributed by atoms with E-state index in [9.17, 15) is 23.1 Å². The Morgan fingerprint density at radius 2 is 1.64 bits per heavy atom. The Labute approximate surface area is 188 Å². The molecule has 0 atom stereocenters. The maximum Gasteiger partial charge on any atom is 0.573 e. The number of aromatic carboxylic acids is 1. The third kappa shape index (κ3) is 5.61. The van der Waals surface area contributed by atoms with E-state index in [1.54, 1.807) is 24.4 Å². The molecule has 1 aliphatic heterocycles. The molecule has 0 spiro atoms. The summed E-state index contributed by atoms with van der Waals surface area (Å²) in [6.07, 6.45) is -3.08. The van der Waals surface area contributed by atoms with Crippen LogP contribution >= 0.6 is 0 Å². The molecule has 0 radical (unpaired) electrons. The van der Waals surface area contributed by atoms with Crippen molar-refractivity contribution in [3.63, 3.8) is 0 Å². The van der Waals surface area contributed by atoms with Gasteiger partial charge in [0.05, 0.1) is 0 Å². The van der Waals surface area contributed by atoms with Crippen LogP contribution in [0.5, 0.6) is 5.75 Å². The smallest absolute Gasteiger partial charge is 0.478 e. The van der Waals surface area contributed by atoms with Gasteiger partial charge in [0, 0.05) is 44.5 Å². The number of nitrogens with zero attached hydrogens (tertiary/aromatic N) is 3. The van der Waals surface area contributed by atoms with Crippen LogP contribution in [0.3, 0.4) is 0 Å². The molecule has 0 saturated carbocycles. The van der Waals surface area contributed by atoms with Gasteiger partial charge in [0.25, 0.3) is 0 Å². The summed E-state index contributed by atoms with van der Waals surface area (Å²) < 4.78 is 40.8. The standard InChI is InChI=1S/C24H22F3N3O3/c25-24(26,27)33-19-8-6-17(7-9-19)16-29-12-14-30(15-13-29)22-21(23(31)32)20(10-11-28-22)18-4-2-1-3-5-18/h1-11H,12-16H2,(H,31,32). The molecule has 4 rings (SSSR count). The fourth-order valence-corrected chi connectivity index (χ4v) is 3.93. The number of aromatic nitrogens is 1. The third-order valence-electron chi connectivity index (χ3n) is 5.46. The summed E-state index contributed by atoms with van der Waals surface area (Å²) in [6, 6.07) is 16.9. The number of anilines is 1. The average molecular weight is 457 g/mol. The maximum atomic E-state index is 12.3. The maximum absolute atomic E-state index is 12.3. The van der Waals surface area contributed by atoms with Crippen LogP contribution in [0.2, 0.25) is 0 Å². The van der Waals surface area contributed by atoms with Crippen molar-refractivity contribution < 1.29 is 27.8 Å². The minimum atomic E-state index is -4.71. The Kier molecular flexibility index (Phi) is 6.50. The molecular weight excluding hydrogens is 435 g/mol. The number of rotatable bonds is 6. The fraction of sp³-hybridized carbons (Fsp3) is 0.250. The lowest BCUT2D eigenvalue weighted by atomic mass is 10.0. The molecule has 2 heterocycles. The van der Waals surface area contributed by atoms with Gasteiger partial charge in [0.15, 0.2) is 0 Å². The number of hydrogen-bond donors (Lipinski definition) is 1. The summed E-state index contributed by atoms with van der Waals surface area (Å²) in [6.45, 7) is 3.07. The van der Waals surface area contributed by atoms with E-state index in [0.29, 0.717) is 44.1 Å². The van der Waals surface area contributed by atoms with Crippen LogP contribution in [0.1, 0.15) is 15.9 Å². The van der Waals surface area contributed by atoms with Crippen molar-refractivity contribution in [2.75, 3.05) is 31.1 Å². The molecule has 1 saturated heterocycles.